The summed E-state index contributed by atoms with van der Waals surface area (Å²) >= 11 is 3.44. The molecule has 27 heavy (non-hydrogen) atoms. The number of nitrogens with one attached hydrogen (secondary N) is 1. The second kappa shape index (κ2) is 8.84. The van der Waals surface area contributed by atoms with E-state index >= 15 is 0 Å². The highest BCUT2D eigenvalue weighted by Crippen LogP contribution is 2.23. The minimum atomic E-state index is 0.860. The van der Waals surface area contributed by atoms with Gasteiger partial charge in [0.05, 0.1) is 12.8 Å². The van der Waals surface area contributed by atoms with Crippen molar-refractivity contribution in [1.82, 2.24) is 14.8 Å². The minimum Gasteiger partial charge on any atom is -0.497 e. The average molecular weight is 401 g/mol. The fourth-order valence-electron chi connectivity index (χ4n) is 3.21. The molecule has 5 nitrogen and oxygen atoms in total. The van der Waals surface area contributed by atoms with Gasteiger partial charge >= 0.3 is 0 Å². The maximum Gasteiger partial charge on any atom is 0.187 e. The molecule has 4 rings (SSSR count). The van der Waals surface area contributed by atoms with E-state index in [2.05, 4.69) is 37.3 Å². The highest BCUT2D eigenvalue weighted by Gasteiger charge is 2.18. The smallest absolute Gasteiger partial charge is 0.187 e. The van der Waals surface area contributed by atoms with Crippen LogP contribution in [0, 0.1) is 0 Å². The van der Waals surface area contributed by atoms with E-state index in [0.717, 1.165) is 61.5 Å². The van der Waals surface area contributed by atoms with Gasteiger partial charge in [-0.25, -0.2) is 4.98 Å². The van der Waals surface area contributed by atoms with E-state index in [1.807, 2.05) is 24.3 Å². The number of hydrogen-bond donors (Lipinski definition) is 1. The third-order valence-corrected chi connectivity index (χ3v) is 6.27. The van der Waals surface area contributed by atoms with Crippen molar-refractivity contribution in [3.05, 3.63) is 57.7 Å². The zero-order valence-corrected chi connectivity index (χ0v) is 17.1. The van der Waals surface area contributed by atoms with Crippen LogP contribution in [-0.2, 0) is 13.1 Å². The lowest BCUT2D eigenvalue weighted by molar-refractivity contribution is 0.121. The molecule has 1 aliphatic rings. The number of anilines is 2. The largest absolute Gasteiger partial charge is 0.497 e. The molecule has 0 aliphatic carbocycles. The van der Waals surface area contributed by atoms with E-state index in [4.69, 9.17) is 9.72 Å². The third kappa shape index (κ3) is 5.07. The molecular weight excluding hydrogens is 376 g/mol. The zero-order chi connectivity index (χ0) is 18.5. The molecule has 0 atom stereocenters. The molecule has 1 saturated heterocycles. The van der Waals surface area contributed by atoms with Crippen molar-refractivity contribution >= 4 is 33.5 Å². The highest BCUT2D eigenvalue weighted by molar-refractivity contribution is 7.13. The molecule has 1 aliphatic heterocycles. The number of benzene rings is 1. The molecule has 0 amide bonds. The molecule has 0 bridgehead atoms. The van der Waals surface area contributed by atoms with E-state index in [9.17, 15) is 0 Å². The number of piperazine rings is 1. The first-order valence-electron chi connectivity index (χ1n) is 9.10. The molecule has 0 radical (unpaired) electrons. The van der Waals surface area contributed by atoms with Gasteiger partial charge in [0.1, 0.15) is 5.75 Å². The van der Waals surface area contributed by atoms with Crippen molar-refractivity contribution in [2.75, 3.05) is 38.6 Å². The van der Waals surface area contributed by atoms with Gasteiger partial charge in [0, 0.05) is 50.3 Å². The first-order valence-corrected chi connectivity index (χ1v) is 10.9. The third-order valence-electron chi connectivity index (χ3n) is 4.73. The number of ether oxygens (including phenoxy) is 1. The number of hydrogen-bond acceptors (Lipinski definition) is 7. The maximum absolute atomic E-state index is 5.20. The molecule has 1 aromatic carbocycles. The van der Waals surface area contributed by atoms with Crippen LogP contribution in [0.3, 0.4) is 0 Å². The van der Waals surface area contributed by atoms with Gasteiger partial charge in [-0.3, -0.25) is 9.80 Å². The summed E-state index contributed by atoms with van der Waals surface area (Å²) in [6.45, 7) is 6.44. The predicted molar refractivity (Wildman–Crippen MR) is 113 cm³/mol. The molecule has 3 heterocycles. The lowest BCUT2D eigenvalue weighted by Crippen LogP contribution is -2.45. The lowest BCUT2D eigenvalue weighted by Gasteiger charge is -2.34. The molecule has 3 aromatic rings. The summed E-state index contributed by atoms with van der Waals surface area (Å²) in [6.07, 6.45) is 0. The standard InChI is InChI=1S/C20H24N4OS2/c1-25-19-4-2-17(3-5-19)21-20-22-18(15-27-20)13-24-9-7-23(8-10-24)12-16-6-11-26-14-16/h2-6,11,14-15H,7-10,12-13H2,1H3,(H,21,22). The van der Waals surface area contributed by atoms with E-state index in [1.165, 1.54) is 5.56 Å². The highest BCUT2D eigenvalue weighted by atomic mass is 32.1. The van der Waals surface area contributed by atoms with Crippen molar-refractivity contribution < 1.29 is 4.74 Å². The van der Waals surface area contributed by atoms with Gasteiger partial charge in [0.25, 0.3) is 0 Å². The monoisotopic (exact) mass is 400 g/mol. The second-order valence-electron chi connectivity index (χ2n) is 6.68. The normalized spacial score (nSPS) is 15.7. The van der Waals surface area contributed by atoms with Gasteiger partial charge in [-0.15, -0.1) is 11.3 Å². The van der Waals surface area contributed by atoms with Crippen molar-refractivity contribution in [2.45, 2.75) is 13.1 Å². The molecule has 7 heteroatoms. The molecule has 0 unspecified atom stereocenters. The Morgan fingerprint density at radius 3 is 2.41 bits per heavy atom. The van der Waals surface area contributed by atoms with E-state index < -0.39 is 0 Å². The van der Waals surface area contributed by atoms with Crippen molar-refractivity contribution in [3.8, 4) is 5.75 Å². The fourth-order valence-corrected chi connectivity index (χ4v) is 4.59. The van der Waals surface area contributed by atoms with Gasteiger partial charge in [-0.05, 0) is 46.7 Å². The second-order valence-corrected chi connectivity index (χ2v) is 8.32. The zero-order valence-electron chi connectivity index (χ0n) is 15.4. The number of thiophene rings is 1. The summed E-state index contributed by atoms with van der Waals surface area (Å²) in [7, 11) is 1.68. The SMILES string of the molecule is COc1ccc(Nc2nc(CN3CCN(Cc4ccsc4)CC3)cs2)cc1. The summed E-state index contributed by atoms with van der Waals surface area (Å²) in [5.41, 5.74) is 3.60. The van der Waals surface area contributed by atoms with Crippen LogP contribution < -0.4 is 10.1 Å². The molecule has 2 aromatic heterocycles. The van der Waals surface area contributed by atoms with Crippen LogP contribution in [-0.4, -0.2) is 48.1 Å². The molecule has 1 N–H and O–H groups in total. The summed E-state index contributed by atoms with van der Waals surface area (Å²) in [5.74, 6) is 0.860. The summed E-state index contributed by atoms with van der Waals surface area (Å²) in [5, 5.41) is 10.9. The Balaban J connectivity index is 1.25. The molecular formula is C20H24N4OS2. The molecule has 1 fully saturated rings. The van der Waals surface area contributed by atoms with Crippen LogP contribution in [0.1, 0.15) is 11.3 Å². The maximum atomic E-state index is 5.20. The van der Waals surface area contributed by atoms with E-state index in [0.29, 0.717) is 0 Å². The Morgan fingerprint density at radius 2 is 1.74 bits per heavy atom. The van der Waals surface area contributed by atoms with Gasteiger partial charge in [-0.2, -0.15) is 11.3 Å². The first-order chi connectivity index (χ1) is 13.3. The Kier molecular flexibility index (Phi) is 6.03. The minimum absolute atomic E-state index is 0.860. The number of aromatic nitrogens is 1. The first kappa shape index (κ1) is 18.4. The predicted octanol–water partition coefficient (Wildman–Crippen LogP) is 4.27. The topological polar surface area (TPSA) is 40.6 Å². The number of nitrogens with zero attached hydrogens (tertiary/aromatic N) is 3. The quantitative estimate of drug-likeness (QED) is 0.641. The van der Waals surface area contributed by atoms with Crippen LogP contribution in [0.5, 0.6) is 5.75 Å². The summed E-state index contributed by atoms with van der Waals surface area (Å²) in [4.78, 5) is 9.78. The summed E-state index contributed by atoms with van der Waals surface area (Å²) in [6, 6.07) is 10.1. The van der Waals surface area contributed by atoms with Gasteiger partial charge in [0.2, 0.25) is 0 Å². The fraction of sp³-hybridized carbons (Fsp3) is 0.350. The van der Waals surface area contributed by atoms with Gasteiger partial charge < -0.3 is 10.1 Å². The van der Waals surface area contributed by atoms with Crippen LogP contribution in [0.25, 0.3) is 0 Å². The molecule has 142 valence electrons. The number of rotatable bonds is 7. The van der Waals surface area contributed by atoms with E-state index in [1.54, 1.807) is 29.8 Å². The van der Waals surface area contributed by atoms with Crippen molar-refractivity contribution in [2.24, 2.45) is 0 Å². The van der Waals surface area contributed by atoms with E-state index in [-0.39, 0.29) is 0 Å². The number of methoxy groups -OCH3 is 1. The average Bonchev–Trinajstić information content (AvgIpc) is 3.36. The number of thiazole rings is 1. The Bertz CT molecular complexity index is 824. The van der Waals surface area contributed by atoms with Crippen molar-refractivity contribution in [1.29, 1.82) is 0 Å². The van der Waals surface area contributed by atoms with Crippen LogP contribution in [0.4, 0.5) is 10.8 Å². The molecule has 0 spiro atoms. The van der Waals surface area contributed by atoms with Crippen molar-refractivity contribution in [3.63, 3.8) is 0 Å². The Morgan fingerprint density at radius 1 is 1.00 bits per heavy atom. The summed E-state index contributed by atoms with van der Waals surface area (Å²) < 4.78 is 5.20. The lowest BCUT2D eigenvalue weighted by atomic mass is 10.2. The van der Waals surface area contributed by atoms with Crippen LogP contribution in [0.2, 0.25) is 0 Å². The van der Waals surface area contributed by atoms with Gasteiger partial charge in [0.15, 0.2) is 5.13 Å². The van der Waals surface area contributed by atoms with Crippen LogP contribution in [0.15, 0.2) is 46.5 Å². The Labute approximate surface area is 168 Å². The van der Waals surface area contributed by atoms with Crippen LogP contribution >= 0.6 is 22.7 Å². The molecule has 0 saturated carbocycles. The van der Waals surface area contributed by atoms with Gasteiger partial charge in [-0.1, -0.05) is 0 Å². The Hall–Kier alpha value is -1.93.